The zero-order chi connectivity index (χ0) is 12.8. The molecule has 0 fully saturated rings. The Balaban J connectivity index is 2.50. The van der Waals surface area contributed by atoms with Crippen LogP contribution in [0, 0.1) is 0 Å². The van der Waals surface area contributed by atoms with Crippen LogP contribution in [0.2, 0.25) is 0 Å². The number of aromatic nitrogens is 1. The number of rotatable bonds is 5. The van der Waals surface area contributed by atoms with Crippen molar-refractivity contribution in [2.75, 3.05) is 32.9 Å². The molecule has 94 valence electrons. The second-order valence-corrected chi connectivity index (χ2v) is 4.08. The molecule has 0 unspecified atom stereocenters. The van der Waals surface area contributed by atoms with E-state index in [0.717, 1.165) is 6.54 Å². The Bertz CT molecular complexity index is 439. The lowest BCUT2D eigenvalue weighted by Crippen LogP contribution is -2.35. The van der Waals surface area contributed by atoms with E-state index >= 15 is 0 Å². The molecule has 0 bridgehead atoms. The molecule has 0 aromatic carbocycles. The van der Waals surface area contributed by atoms with E-state index < -0.39 is 0 Å². The first-order chi connectivity index (χ1) is 7.99. The van der Waals surface area contributed by atoms with Crippen molar-refractivity contribution in [3.63, 3.8) is 0 Å². The quantitative estimate of drug-likeness (QED) is 0.697. The molecule has 0 radical (unpaired) electrons. The SMILES string of the molecule is CN(C)CCNC(=O)Cn1cc(N)ccc1=O. The molecule has 3 N–H and O–H groups in total. The standard InChI is InChI=1S/C11H18N4O2/c1-14(2)6-5-13-10(16)8-15-7-9(12)3-4-11(15)17/h3-4,7H,5-6,8,12H2,1-2H3,(H,13,16). The van der Waals surface area contributed by atoms with Gasteiger partial charge in [-0.25, -0.2) is 0 Å². The molecule has 0 saturated heterocycles. The molecule has 0 aliphatic heterocycles. The Labute approximate surface area is 100 Å². The van der Waals surface area contributed by atoms with E-state index in [1.54, 1.807) is 0 Å². The molecule has 0 atom stereocenters. The summed E-state index contributed by atoms with van der Waals surface area (Å²) < 4.78 is 1.29. The zero-order valence-corrected chi connectivity index (χ0v) is 10.1. The van der Waals surface area contributed by atoms with Crippen molar-refractivity contribution in [2.45, 2.75) is 6.54 Å². The minimum absolute atomic E-state index is 0.00268. The number of nitrogens with one attached hydrogen (secondary N) is 1. The van der Waals surface area contributed by atoms with Crippen molar-refractivity contribution < 1.29 is 4.79 Å². The van der Waals surface area contributed by atoms with Crippen LogP contribution in [0.15, 0.2) is 23.1 Å². The third-order valence-electron chi connectivity index (χ3n) is 2.20. The number of nitrogen functional groups attached to an aromatic ring is 1. The fraction of sp³-hybridized carbons (Fsp3) is 0.455. The molecule has 6 nitrogen and oxygen atoms in total. The van der Waals surface area contributed by atoms with Crippen LogP contribution in [0.25, 0.3) is 0 Å². The van der Waals surface area contributed by atoms with Gasteiger partial charge in [0.1, 0.15) is 6.54 Å². The lowest BCUT2D eigenvalue weighted by molar-refractivity contribution is -0.121. The van der Waals surface area contributed by atoms with Crippen molar-refractivity contribution in [1.29, 1.82) is 0 Å². The molecule has 1 rings (SSSR count). The summed E-state index contributed by atoms with van der Waals surface area (Å²) in [7, 11) is 3.85. The van der Waals surface area contributed by atoms with E-state index in [-0.39, 0.29) is 18.0 Å². The minimum atomic E-state index is -0.234. The van der Waals surface area contributed by atoms with Crippen LogP contribution in [-0.4, -0.2) is 42.6 Å². The first-order valence-electron chi connectivity index (χ1n) is 5.36. The number of likely N-dealkylation sites (N-methyl/N-ethyl adjacent to an activating group) is 1. The van der Waals surface area contributed by atoms with Crippen molar-refractivity contribution in [2.24, 2.45) is 0 Å². The third kappa shape index (κ3) is 4.69. The van der Waals surface area contributed by atoms with Crippen LogP contribution in [-0.2, 0) is 11.3 Å². The third-order valence-corrected chi connectivity index (χ3v) is 2.20. The van der Waals surface area contributed by atoms with Gasteiger partial charge < -0.3 is 20.5 Å². The zero-order valence-electron chi connectivity index (χ0n) is 10.1. The first-order valence-corrected chi connectivity index (χ1v) is 5.36. The normalized spacial score (nSPS) is 10.5. The molecule has 6 heteroatoms. The average Bonchev–Trinajstić information content (AvgIpc) is 2.23. The molecule has 0 spiro atoms. The summed E-state index contributed by atoms with van der Waals surface area (Å²) in [6.45, 7) is 1.32. The summed E-state index contributed by atoms with van der Waals surface area (Å²) in [5.41, 5.74) is 5.77. The first kappa shape index (κ1) is 13.2. The van der Waals surface area contributed by atoms with Crippen LogP contribution >= 0.6 is 0 Å². The van der Waals surface area contributed by atoms with Gasteiger partial charge >= 0.3 is 0 Å². The molecule has 1 aromatic rings. The van der Waals surface area contributed by atoms with Gasteiger partial charge in [-0.1, -0.05) is 0 Å². The number of carbonyl (C=O) groups excluding carboxylic acids is 1. The molecule has 1 amide bonds. The summed E-state index contributed by atoms with van der Waals surface area (Å²) in [5.74, 6) is -0.195. The average molecular weight is 238 g/mol. The molecule has 17 heavy (non-hydrogen) atoms. The Morgan fingerprint density at radius 3 is 2.82 bits per heavy atom. The van der Waals surface area contributed by atoms with Crippen molar-refractivity contribution >= 4 is 11.6 Å². The van der Waals surface area contributed by atoms with Gasteiger partial charge in [-0.3, -0.25) is 9.59 Å². The van der Waals surface area contributed by atoms with E-state index in [0.29, 0.717) is 12.2 Å². The monoisotopic (exact) mass is 238 g/mol. The molecular weight excluding hydrogens is 220 g/mol. The van der Waals surface area contributed by atoms with E-state index in [9.17, 15) is 9.59 Å². The van der Waals surface area contributed by atoms with Gasteiger partial charge in [0, 0.05) is 31.0 Å². The molecular formula is C11H18N4O2. The summed E-state index contributed by atoms with van der Waals surface area (Å²) >= 11 is 0. The molecule has 1 aromatic heterocycles. The van der Waals surface area contributed by atoms with Crippen LogP contribution in [0.3, 0.4) is 0 Å². The van der Waals surface area contributed by atoms with Gasteiger partial charge in [-0.2, -0.15) is 0 Å². The topological polar surface area (TPSA) is 80.4 Å². The second kappa shape index (κ2) is 6.05. The van der Waals surface area contributed by atoms with Crippen LogP contribution in [0.5, 0.6) is 0 Å². The van der Waals surface area contributed by atoms with Gasteiger partial charge in [0.05, 0.1) is 0 Å². The Kier molecular flexibility index (Phi) is 4.71. The van der Waals surface area contributed by atoms with Gasteiger partial charge in [0.2, 0.25) is 5.91 Å². The smallest absolute Gasteiger partial charge is 0.251 e. The Hall–Kier alpha value is -1.82. The summed E-state index contributed by atoms with van der Waals surface area (Å²) in [6, 6.07) is 2.87. The highest BCUT2D eigenvalue weighted by atomic mass is 16.2. The molecule has 0 saturated carbocycles. The van der Waals surface area contributed by atoms with Gasteiger partial charge in [-0.15, -0.1) is 0 Å². The summed E-state index contributed by atoms with van der Waals surface area (Å²) in [5, 5.41) is 2.73. The van der Waals surface area contributed by atoms with Gasteiger partial charge in [0.15, 0.2) is 0 Å². The lowest BCUT2D eigenvalue weighted by Gasteiger charge is -2.11. The summed E-state index contributed by atoms with van der Waals surface area (Å²) in [6.07, 6.45) is 1.47. The maximum Gasteiger partial charge on any atom is 0.251 e. The van der Waals surface area contributed by atoms with E-state index in [4.69, 9.17) is 5.73 Å². The van der Waals surface area contributed by atoms with Crippen LogP contribution in [0.1, 0.15) is 0 Å². The van der Waals surface area contributed by atoms with Crippen molar-refractivity contribution in [1.82, 2.24) is 14.8 Å². The van der Waals surface area contributed by atoms with Gasteiger partial charge in [-0.05, 0) is 20.2 Å². The van der Waals surface area contributed by atoms with Crippen molar-refractivity contribution in [3.05, 3.63) is 28.7 Å². The lowest BCUT2D eigenvalue weighted by atomic mass is 10.4. The highest BCUT2D eigenvalue weighted by molar-refractivity contribution is 5.75. The molecule has 0 aliphatic carbocycles. The van der Waals surface area contributed by atoms with E-state index in [1.807, 2.05) is 19.0 Å². The number of nitrogens with zero attached hydrogens (tertiary/aromatic N) is 2. The summed E-state index contributed by atoms with van der Waals surface area (Å²) in [4.78, 5) is 24.9. The van der Waals surface area contributed by atoms with E-state index in [2.05, 4.69) is 5.32 Å². The maximum atomic E-state index is 11.5. The van der Waals surface area contributed by atoms with Crippen molar-refractivity contribution in [3.8, 4) is 0 Å². The number of amides is 1. The number of hydrogen-bond acceptors (Lipinski definition) is 4. The highest BCUT2D eigenvalue weighted by Gasteiger charge is 2.04. The predicted octanol–water partition coefficient (Wildman–Crippen LogP) is -0.892. The highest BCUT2D eigenvalue weighted by Crippen LogP contribution is 1.95. The number of anilines is 1. The number of carbonyl (C=O) groups is 1. The fourth-order valence-electron chi connectivity index (χ4n) is 1.30. The number of pyridine rings is 1. The number of hydrogen-bond donors (Lipinski definition) is 2. The Morgan fingerprint density at radius 1 is 1.47 bits per heavy atom. The van der Waals surface area contributed by atoms with Gasteiger partial charge in [0.25, 0.3) is 5.56 Å². The minimum Gasteiger partial charge on any atom is -0.398 e. The molecule has 0 aliphatic rings. The largest absolute Gasteiger partial charge is 0.398 e. The van der Waals surface area contributed by atoms with Crippen LogP contribution < -0.4 is 16.6 Å². The van der Waals surface area contributed by atoms with Crippen LogP contribution in [0.4, 0.5) is 5.69 Å². The number of nitrogens with two attached hydrogens (primary N) is 1. The predicted molar refractivity (Wildman–Crippen MR) is 66.7 cm³/mol. The molecule has 1 heterocycles. The van der Waals surface area contributed by atoms with E-state index in [1.165, 1.54) is 22.9 Å². The second-order valence-electron chi connectivity index (χ2n) is 4.08. The Morgan fingerprint density at radius 2 is 2.18 bits per heavy atom. The maximum absolute atomic E-state index is 11.5. The fourth-order valence-corrected chi connectivity index (χ4v) is 1.30.